The molecule has 4 unspecified atom stereocenters. The summed E-state index contributed by atoms with van der Waals surface area (Å²) in [6.45, 7) is 0.0930. The fourth-order valence-corrected chi connectivity index (χ4v) is 3.59. The van der Waals surface area contributed by atoms with E-state index < -0.39 is 66.2 Å². The third-order valence-corrected chi connectivity index (χ3v) is 5.76. The molecule has 3 amide bonds. The predicted molar refractivity (Wildman–Crippen MR) is 145 cm³/mol. The molecule has 0 fully saturated rings. The van der Waals surface area contributed by atoms with Crippen molar-refractivity contribution in [3.05, 3.63) is 35.9 Å². The molecule has 226 valence electrons. The molecule has 41 heavy (non-hydrogen) atoms. The molecular weight excluding hydrogens is 542 g/mol. The molecular formula is C25H37N7O9. The molecule has 0 saturated carbocycles. The SMILES string of the molecule is NC(N)=NCCCC(NC(=O)C(N)CCC(=O)O)C(=O)NC(CCC(=O)O)C(=O)NC(Cc1ccccc1)C(=O)O. The summed E-state index contributed by atoms with van der Waals surface area (Å²) in [4.78, 5) is 76.4. The van der Waals surface area contributed by atoms with Crippen LogP contribution in [0.15, 0.2) is 35.3 Å². The highest BCUT2D eigenvalue weighted by molar-refractivity contribution is 5.94. The molecule has 0 aliphatic rings. The number of benzene rings is 1. The number of hydrogen-bond acceptors (Lipinski definition) is 8. The molecule has 0 spiro atoms. The second-order valence-electron chi connectivity index (χ2n) is 9.13. The van der Waals surface area contributed by atoms with E-state index in [9.17, 15) is 33.9 Å². The zero-order valence-corrected chi connectivity index (χ0v) is 22.3. The van der Waals surface area contributed by atoms with E-state index in [1.807, 2.05) is 0 Å². The van der Waals surface area contributed by atoms with Gasteiger partial charge in [0.15, 0.2) is 5.96 Å². The number of nitrogens with two attached hydrogens (primary N) is 3. The van der Waals surface area contributed by atoms with Gasteiger partial charge in [0.25, 0.3) is 0 Å². The van der Waals surface area contributed by atoms with E-state index in [0.717, 1.165) is 0 Å². The van der Waals surface area contributed by atoms with Crippen LogP contribution in [-0.4, -0.2) is 87.6 Å². The molecule has 4 atom stereocenters. The van der Waals surface area contributed by atoms with E-state index in [-0.39, 0.29) is 51.0 Å². The van der Waals surface area contributed by atoms with Gasteiger partial charge < -0.3 is 48.5 Å². The molecule has 0 radical (unpaired) electrons. The second kappa shape index (κ2) is 17.8. The summed E-state index contributed by atoms with van der Waals surface area (Å²) in [5.74, 6) is -6.61. The van der Waals surface area contributed by atoms with Crippen LogP contribution >= 0.6 is 0 Å². The number of carboxylic acids is 3. The molecule has 0 aliphatic heterocycles. The lowest BCUT2D eigenvalue weighted by Crippen LogP contribution is -2.57. The van der Waals surface area contributed by atoms with Crippen LogP contribution in [0.4, 0.5) is 0 Å². The van der Waals surface area contributed by atoms with Gasteiger partial charge >= 0.3 is 17.9 Å². The Kier molecular flexibility index (Phi) is 14.9. The minimum atomic E-state index is -1.46. The average Bonchev–Trinajstić information content (AvgIpc) is 2.90. The van der Waals surface area contributed by atoms with E-state index in [1.165, 1.54) is 0 Å². The molecule has 0 bridgehead atoms. The van der Waals surface area contributed by atoms with Gasteiger partial charge in [-0.05, 0) is 31.2 Å². The fourth-order valence-electron chi connectivity index (χ4n) is 3.59. The van der Waals surface area contributed by atoms with Crippen molar-refractivity contribution in [1.82, 2.24) is 16.0 Å². The van der Waals surface area contributed by atoms with Crippen molar-refractivity contribution < 1.29 is 44.1 Å². The Balaban J connectivity index is 3.08. The lowest BCUT2D eigenvalue weighted by molar-refractivity contribution is -0.143. The van der Waals surface area contributed by atoms with Gasteiger partial charge in [0.1, 0.15) is 18.1 Å². The number of aliphatic imine (C=N–C) groups is 1. The number of carboxylic acid groups (broad SMARTS) is 3. The van der Waals surface area contributed by atoms with Gasteiger partial charge in [0.2, 0.25) is 17.7 Å². The molecule has 12 N–H and O–H groups in total. The van der Waals surface area contributed by atoms with Crippen molar-refractivity contribution in [1.29, 1.82) is 0 Å². The highest BCUT2D eigenvalue weighted by Crippen LogP contribution is 2.08. The minimum absolute atomic E-state index is 0.0287. The number of nitrogens with one attached hydrogen (secondary N) is 3. The first kappa shape index (κ1) is 34.3. The number of carbonyl (C=O) groups excluding carboxylic acids is 3. The third-order valence-electron chi connectivity index (χ3n) is 5.76. The summed E-state index contributed by atoms with van der Waals surface area (Å²) in [5.41, 5.74) is 16.9. The maximum Gasteiger partial charge on any atom is 0.326 e. The van der Waals surface area contributed by atoms with Gasteiger partial charge in [-0.3, -0.25) is 29.0 Å². The Labute approximate surface area is 235 Å². The molecule has 1 rings (SSSR count). The van der Waals surface area contributed by atoms with Crippen LogP contribution in [0.3, 0.4) is 0 Å². The van der Waals surface area contributed by atoms with Gasteiger partial charge in [-0.2, -0.15) is 0 Å². The third kappa shape index (κ3) is 14.3. The van der Waals surface area contributed by atoms with Gasteiger partial charge in [-0.1, -0.05) is 30.3 Å². The van der Waals surface area contributed by atoms with Crippen LogP contribution < -0.4 is 33.2 Å². The number of hydrogen-bond donors (Lipinski definition) is 9. The Bertz CT molecular complexity index is 1090. The van der Waals surface area contributed by atoms with Crippen LogP contribution in [-0.2, 0) is 35.2 Å². The molecule has 16 nitrogen and oxygen atoms in total. The predicted octanol–water partition coefficient (Wildman–Crippen LogP) is -2.12. The van der Waals surface area contributed by atoms with E-state index in [4.69, 9.17) is 27.4 Å². The lowest BCUT2D eigenvalue weighted by atomic mass is 10.0. The minimum Gasteiger partial charge on any atom is -0.481 e. The summed E-state index contributed by atoms with van der Waals surface area (Å²) >= 11 is 0. The molecule has 1 aromatic carbocycles. The van der Waals surface area contributed by atoms with Crippen molar-refractivity contribution in [3.8, 4) is 0 Å². The first-order valence-electron chi connectivity index (χ1n) is 12.7. The maximum atomic E-state index is 13.2. The second-order valence-corrected chi connectivity index (χ2v) is 9.13. The van der Waals surface area contributed by atoms with Crippen LogP contribution in [0.25, 0.3) is 0 Å². The first-order chi connectivity index (χ1) is 19.3. The van der Waals surface area contributed by atoms with E-state index in [0.29, 0.717) is 5.56 Å². The quantitative estimate of drug-likeness (QED) is 0.0483. The molecule has 16 heteroatoms. The zero-order valence-electron chi connectivity index (χ0n) is 22.3. The van der Waals surface area contributed by atoms with Gasteiger partial charge in [0, 0.05) is 25.8 Å². The van der Waals surface area contributed by atoms with Crippen LogP contribution in [0.5, 0.6) is 0 Å². The highest BCUT2D eigenvalue weighted by Gasteiger charge is 2.30. The first-order valence-corrected chi connectivity index (χ1v) is 12.7. The average molecular weight is 580 g/mol. The normalized spacial score (nSPS) is 13.5. The van der Waals surface area contributed by atoms with Crippen LogP contribution in [0, 0.1) is 0 Å². The number of carbonyl (C=O) groups is 6. The van der Waals surface area contributed by atoms with Crippen molar-refractivity contribution in [2.45, 2.75) is 69.1 Å². The maximum absolute atomic E-state index is 13.2. The topological polar surface area (TPSA) is 290 Å². The Morgan fingerprint density at radius 1 is 0.732 bits per heavy atom. The Morgan fingerprint density at radius 3 is 1.78 bits per heavy atom. The largest absolute Gasteiger partial charge is 0.481 e. The van der Waals surface area contributed by atoms with Crippen molar-refractivity contribution in [2.24, 2.45) is 22.2 Å². The van der Waals surface area contributed by atoms with Gasteiger partial charge in [0.05, 0.1) is 6.04 Å². The van der Waals surface area contributed by atoms with E-state index in [1.54, 1.807) is 30.3 Å². The van der Waals surface area contributed by atoms with E-state index >= 15 is 0 Å². The summed E-state index contributed by atoms with van der Waals surface area (Å²) in [6, 6.07) is 3.09. The summed E-state index contributed by atoms with van der Waals surface area (Å²) in [5, 5.41) is 34.7. The number of amides is 3. The van der Waals surface area contributed by atoms with Crippen LogP contribution in [0.1, 0.15) is 44.1 Å². The van der Waals surface area contributed by atoms with Gasteiger partial charge in [-0.15, -0.1) is 0 Å². The number of guanidine groups is 1. The number of aliphatic carboxylic acids is 3. The number of rotatable bonds is 19. The Hall–Kier alpha value is -4.73. The van der Waals surface area contributed by atoms with Crippen molar-refractivity contribution in [2.75, 3.05) is 6.54 Å². The summed E-state index contributed by atoms with van der Waals surface area (Å²) < 4.78 is 0. The number of nitrogens with zero attached hydrogens (tertiary/aromatic N) is 1. The molecule has 1 aromatic rings. The van der Waals surface area contributed by atoms with Crippen molar-refractivity contribution in [3.63, 3.8) is 0 Å². The Morgan fingerprint density at radius 2 is 1.24 bits per heavy atom. The standard InChI is InChI=1S/C25H37N7O9/c26-15(8-10-19(33)34)21(37)30-16(7-4-12-29-25(27)28)22(38)31-17(9-11-20(35)36)23(39)32-18(24(40)41)13-14-5-2-1-3-6-14/h1-3,5-6,15-18H,4,7-13,26H2,(H,30,37)(H,31,38)(H,32,39)(H,33,34)(H,35,36)(H,40,41)(H4,27,28,29). The highest BCUT2D eigenvalue weighted by atomic mass is 16.4. The van der Waals surface area contributed by atoms with Crippen LogP contribution in [0.2, 0.25) is 0 Å². The lowest BCUT2D eigenvalue weighted by Gasteiger charge is -2.25. The molecule has 0 heterocycles. The summed E-state index contributed by atoms with van der Waals surface area (Å²) in [6.07, 6.45) is -1.40. The van der Waals surface area contributed by atoms with Crippen molar-refractivity contribution >= 4 is 41.6 Å². The van der Waals surface area contributed by atoms with E-state index in [2.05, 4.69) is 20.9 Å². The molecule has 0 saturated heterocycles. The zero-order chi connectivity index (χ0) is 30.9. The monoisotopic (exact) mass is 579 g/mol. The van der Waals surface area contributed by atoms with Gasteiger partial charge in [-0.25, -0.2) is 4.79 Å². The smallest absolute Gasteiger partial charge is 0.326 e. The molecule has 0 aliphatic carbocycles. The fraction of sp³-hybridized carbons (Fsp3) is 0.480. The molecule has 0 aromatic heterocycles. The summed E-state index contributed by atoms with van der Waals surface area (Å²) in [7, 11) is 0.